The van der Waals surface area contributed by atoms with E-state index in [-0.39, 0.29) is 49.1 Å². The molecule has 0 saturated carbocycles. The lowest BCUT2D eigenvalue weighted by atomic mass is 10.0. The molecule has 4 amide bonds. The largest absolute Gasteiger partial charge is 0.463 e. The number of nitrogens with two attached hydrogens (primary N) is 1. The molecule has 0 radical (unpaired) electrons. The number of likely N-dealkylation sites (tertiary alicyclic amines) is 2. The summed E-state index contributed by atoms with van der Waals surface area (Å²) < 4.78 is 5.34. The minimum Gasteiger partial charge on any atom is -0.463 e. The molecule has 3 heterocycles. The van der Waals surface area contributed by atoms with Crippen LogP contribution in [0, 0.1) is 0 Å². The lowest BCUT2D eigenvalue weighted by Crippen LogP contribution is -2.56. The number of carbonyl (C=O) groups is 5. The zero-order chi connectivity index (χ0) is 23.0. The smallest absolute Gasteiger partial charge is 0.323 e. The van der Waals surface area contributed by atoms with Crippen molar-refractivity contribution in [3.8, 4) is 0 Å². The number of ether oxygens (including phenoxy) is 1. The zero-order valence-corrected chi connectivity index (χ0v) is 17.9. The van der Waals surface area contributed by atoms with E-state index in [0.29, 0.717) is 5.69 Å². The summed E-state index contributed by atoms with van der Waals surface area (Å²) in [6, 6.07) is 3.01. The number of benzene rings is 1. The highest BCUT2D eigenvalue weighted by Gasteiger charge is 2.47. The van der Waals surface area contributed by atoms with E-state index in [1.54, 1.807) is 0 Å². The first-order valence-corrected chi connectivity index (χ1v) is 10.9. The number of anilines is 1. The number of nitrogen functional groups attached to an aromatic ring is 1. The van der Waals surface area contributed by atoms with Gasteiger partial charge in [0, 0.05) is 12.1 Å². The number of piperidine rings is 1. The van der Waals surface area contributed by atoms with Crippen molar-refractivity contribution in [1.82, 2.24) is 14.7 Å². The number of hydrogen-bond donors (Lipinski definition) is 1. The minimum atomic E-state index is -1.08. The van der Waals surface area contributed by atoms with E-state index in [1.165, 1.54) is 18.2 Å². The molecular formula is C22H26N4O6. The summed E-state index contributed by atoms with van der Waals surface area (Å²) >= 11 is 0. The Balaban J connectivity index is 1.41. The third kappa shape index (κ3) is 3.75. The second-order valence-electron chi connectivity index (χ2n) is 8.18. The monoisotopic (exact) mass is 442 g/mol. The lowest BCUT2D eigenvalue weighted by molar-refractivity contribution is -0.157. The predicted molar refractivity (Wildman–Crippen MR) is 112 cm³/mol. The Kier molecular flexibility index (Phi) is 5.96. The standard InChI is InChI=1S/C22H26N4O6/c1-2-24-9-3-4-17(24)22(31)32-11-10-25-18(27)8-7-16(21(25)30)26-19(28)14-6-5-13(23)12-15(14)20(26)29/h5-6,12,16-17H,2-4,7-11,23H2,1H3/t16?,17-/m0/s1. The Morgan fingerprint density at radius 1 is 1.12 bits per heavy atom. The average Bonchev–Trinajstić information content (AvgIpc) is 3.34. The molecule has 0 bridgehead atoms. The molecule has 4 rings (SSSR count). The maximum Gasteiger partial charge on any atom is 0.323 e. The van der Waals surface area contributed by atoms with Gasteiger partial charge in [-0.05, 0) is 50.6 Å². The first-order valence-electron chi connectivity index (χ1n) is 10.9. The molecular weight excluding hydrogens is 416 g/mol. The van der Waals surface area contributed by atoms with Gasteiger partial charge in [-0.25, -0.2) is 0 Å². The van der Waals surface area contributed by atoms with Gasteiger partial charge in [0.25, 0.3) is 17.7 Å². The molecule has 0 spiro atoms. The van der Waals surface area contributed by atoms with Gasteiger partial charge in [0.05, 0.1) is 17.7 Å². The van der Waals surface area contributed by atoms with Crippen LogP contribution in [0.15, 0.2) is 18.2 Å². The third-order valence-electron chi connectivity index (χ3n) is 6.34. The van der Waals surface area contributed by atoms with E-state index in [2.05, 4.69) is 0 Å². The number of hydrogen-bond acceptors (Lipinski definition) is 8. The fourth-order valence-electron chi connectivity index (χ4n) is 4.66. The van der Waals surface area contributed by atoms with Crippen LogP contribution < -0.4 is 5.73 Å². The van der Waals surface area contributed by atoms with E-state index >= 15 is 0 Å². The highest BCUT2D eigenvalue weighted by atomic mass is 16.5. The number of imide groups is 2. The normalized spacial score (nSPS) is 23.8. The van der Waals surface area contributed by atoms with E-state index in [1.807, 2.05) is 11.8 Å². The Morgan fingerprint density at radius 2 is 1.88 bits per heavy atom. The summed E-state index contributed by atoms with van der Waals surface area (Å²) in [7, 11) is 0. The van der Waals surface area contributed by atoms with Crippen molar-refractivity contribution in [1.29, 1.82) is 0 Å². The molecule has 2 fully saturated rings. The van der Waals surface area contributed by atoms with Crippen molar-refractivity contribution in [2.45, 2.75) is 44.7 Å². The predicted octanol–water partition coefficient (Wildman–Crippen LogP) is 0.410. The molecule has 0 aliphatic carbocycles. The van der Waals surface area contributed by atoms with Crippen LogP contribution in [0.5, 0.6) is 0 Å². The van der Waals surface area contributed by atoms with Crippen molar-refractivity contribution in [3.05, 3.63) is 29.3 Å². The van der Waals surface area contributed by atoms with Crippen LogP contribution in [0.1, 0.15) is 53.3 Å². The molecule has 32 heavy (non-hydrogen) atoms. The fourth-order valence-corrected chi connectivity index (χ4v) is 4.66. The molecule has 170 valence electrons. The number of fused-ring (bicyclic) bond motifs is 1. The molecule has 3 aliphatic rings. The molecule has 1 unspecified atom stereocenters. The van der Waals surface area contributed by atoms with Crippen molar-refractivity contribution in [2.24, 2.45) is 0 Å². The zero-order valence-electron chi connectivity index (χ0n) is 17.9. The van der Waals surface area contributed by atoms with Crippen molar-refractivity contribution in [3.63, 3.8) is 0 Å². The highest BCUT2D eigenvalue weighted by molar-refractivity contribution is 6.23. The molecule has 1 aromatic carbocycles. The first kappa shape index (κ1) is 21.9. The van der Waals surface area contributed by atoms with Gasteiger partial charge in [-0.15, -0.1) is 0 Å². The molecule has 0 aromatic heterocycles. The lowest BCUT2D eigenvalue weighted by Gasteiger charge is -2.34. The van der Waals surface area contributed by atoms with Crippen LogP contribution in [0.25, 0.3) is 0 Å². The average molecular weight is 442 g/mol. The van der Waals surface area contributed by atoms with Crippen LogP contribution in [0.3, 0.4) is 0 Å². The molecule has 2 atom stereocenters. The molecule has 2 N–H and O–H groups in total. The van der Waals surface area contributed by atoms with Crippen LogP contribution in [0.4, 0.5) is 5.69 Å². The Hall–Kier alpha value is -3.27. The van der Waals surface area contributed by atoms with E-state index < -0.39 is 29.7 Å². The Morgan fingerprint density at radius 3 is 2.62 bits per heavy atom. The van der Waals surface area contributed by atoms with E-state index in [4.69, 9.17) is 10.5 Å². The van der Waals surface area contributed by atoms with Crippen LogP contribution in [0.2, 0.25) is 0 Å². The summed E-state index contributed by atoms with van der Waals surface area (Å²) in [4.78, 5) is 67.3. The van der Waals surface area contributed by atoms with Crippen molar-refractivity contribution < 1.29 is 28.7 Å². The van der Waals surface area contributed by atoms with Crippen LogP contribution in [-0.2, 0) is 19.1 Å². The van der Waals surface area contributed by atoms with Gasteiger partial charge in [-0.3, -0.25) is 38.7 Å². The van der Waals surface area contributed by atoms with Crippen molar-refractivity contribution in [2.75, 3.05) is 32.0 Å². The summed E-state index contributed by atoms with van der Waals surface area (Å²) in [5.74, 6) is -2.60. The van der Waals surface area contributed by atoms with Gasteiger partial charge < -0.3 is 10.5 Å². The van der Waals surface area contributed by atoms with Gasteiger partial charge in [0.1, 0.15) is 18.7 Å². The maximum absolute atomic E-state index is 13.0. The molecule has 10 heteroatoms. The number of amides is 4. The van der Waals surface area contributed by atoms with Crippen LogP contribution >= 0.6 is 0 Å². The summed E-state index contributed by atoms with van der Waals surface area (Å²) in [5.41, 5.74) is 6.40. The number of carbonyl (C=O) groups excluding carboxylic acids is 5. The van der Waals surface area contributed by atoms with Gasteiger partial charge in [-0.2, -0.15) is 0 Å². The van der Waals surface area contributed by atoms with E-state index in [0.717, 1.165) is 35.7 Å². The number of nitrogens with zero attached hydrogens (tertiary/aromatic N) is 3. The first-order chi connectivity index (χ1) is 15.3. The van der Waals surface area contributed by atoms with Gasteiger partial charge in [0.2, 0.25) is 5.91 Å². The Labute approximate surface area is 185 Å². The topological polar surface area (TPSA) is 130 Å². The van der Waals surface area contributed by atoms with Gasteiger partial charge in [0.15, 0.2) is 0 Å². The van der Waals surface area contributed by atoms with Crippen molar-refractivity contribution >= 4 is 35.3 Å². The third-order valence-corrected chi connectivity index (χ3v) is 6.34. The molecule has 2 saturated heterocycles. The summed E-state index contributed by atoms with van der Waals surface area (Å²) in [5, 5.41) is 0. The second kappa shape index (κ2) is 8.70. The second-order valence-corrected chi connectivity index (χ2v) is 8.18. The number of likely N-dealkylation sites (N-methyl/N-ethyl adjacent to an activating group) is 1. The van der Waals surface area contributed by atoms with Gasteiger partial charge in [-0.1, -0.05) is 6.92 Å². The van der Waals surface area contributed by atoms with Crippen LogP contribution in [-0.4, -0.2) is 82.6 Å². The summed E-state index contributed by atoms with van der Waals surface area (Å²) in [6.45, 7) is 3.32. The quantitative estimate of drug-likeness (QED) is 0.381. The minimum absolute atomic E-state index is 0.00609. The number of esters is 1. The van der Waals surface area contributed by atoms with Gasteiger partial charge >= 0.3 is 5.97 Å². The van der Waals surface area contributed by atoms with E-state index in [9.17, 15) is 24.0 Å². The fraction of sp³-hybridized carbons (Fsp3) is 0.500. The SMILES string of the molecule is CCN1CCC[C@H]1C(=O)OCCN1C(=O)CCC(N2C(=O)c3ccc(N)cc3C2=O)C1=O. The Bertz CT molecular complexity index is 993. The number of rotatable bonds is 6. The summed E-state index contributed by atoms with van der Waals surface area (Å²) in [6.07, 6.45) is 1.71. The molecule has 3 aliphatic heterocycles. The highest BCUT2D eigenvalue weighted by Crippen LogP contribution is 2.30. The maximum atomic E-state index is 13.0. The molecule has 10 nitrogen and oxygen atoms in total. The molecule has 1 aromatic rings.